The fraction of sp³-hybridized carbons (Fsp3) is 0.333. The second-order valence-electron chi connectivity index (χ2n) is 3.35. The zero-order chi connectivity index (χ0) is 14.0. The van der Waals surface area contributed by atoms with E-state index in [0.29, 0.717) is 0 Å². The van der Waals surface area contributed by atoms with Gasteiger partial charge in [0.05, 0.1) is 0 Å². The molecule has 1 aromatic carbocycles. The van der Waals surface area contributed by atoms with E-state index in [1.807, 2.05) is 22.6 Å². The van der Waals surface area contributed by atoms with Crippen molar-refractivity contribution in [3.63, 3.8) is 0 Å². The van der Waals surface area contributed by atoms with Crippen molar-refractivity contribution in [3.8, 4) is 5.75 Å². The first kappa shape index (κ1) is 15.5. The summed E-state index contributed by atoms with van der Waals surface area (Å²) in [6.45, 7) is 0. The summed E-state index contributed by atoms with van der Waals surface area (Å²) in [6.07, 6.45) is -7.49. The van der Waals surface area contributed by atoms with Gasteiger partial charge in [-0.25, -0.2) is 0 Å². The minimum Gasteiger partial charge on any atom is -0.480 e. The van der Waals surface area contributed by atoms with Gasteiger partial charge in [-0.3, -0.25) is 4.55 Å². The van der Waals surface area contributed by atoms with Crippen molar-refractivity contribution in [2.45, 2.75) is 12.3 Å². The van der Waals surface area contributed by atoms with E-state index in [1.54, 1.807) is 0 Å². The molecular formula is C9H8F3IO4S. The molecule has 0 fully saturated rings. The third-order valence-electron chi connectivity index (χ3n) is 1.82. The first-order chi connectivity index (χ1) is 8.08. The van der Waals surface area contributed by atoms with Crippen molar-refractivity contribution in [2.24, 2.45) is 0 Å². The average molecular weight is 396 g/mol. The van der Waals surface area contributed by atoms with Gasteiger partial charge in [0.1, 0.15) is 11.5 Å². The Morgan fingerprint density at radius 1 is 1.28 bits per heavy atom. The molecule has 0 heterocycles. The molecule has 0 saturated carbocycles. The fourth-order valence-corrected chi connectivity index (χ4v) is 2.06. The lowest BCUT2D eigenvalue weighted by Gasteiger charge is -2.20. The molecule has 1 N–H and O–H groups in total. The Labute approximate surface area is 115 Å². The van der Waals surface area contributed by atoms with Gasteiger partial charge in [-0.05, 0) is 46.9 Å². The van der Waals surface area contributed by atoms with Crippen molar-refractivity contribution in [1.29, 1.82) is 0 Å². The Hall–Kier alpha value is -0.550. The number of benzene rings is 1. The average Bonchev–Trinajstić information content (AvgIpc) is 2.17. The Kier molecular flexibility index (Phi) is 4.84. The quantitative estimate of drug-likeness (QED) is 0.628. The molecular weight excluding hydrogens is 388 g/mol. The molecule has 0 saturated heterocycles. The fourth-order valence-electron chi connectivity index (χ4n) is 1.06. The van der Waals surface area contributed by atoms with Crippen molar-refractivity contribution in [2.75, 3.05) is 5.75 Å². The van der Waals surface area contributed by atoms with Gasteiger partial charge in [0.25, 0.3) is 10.1 Å². The highest BCUT2D eigenvalue weighted by Crippen LogP contribution is 2.26. The van der Waals surface area contributed by atoms with E-state index in [0.717, 1.165) is 3.57 Å². The maximum atomic E-state index is 12.5. The molecule has 0 aliphatic heterocycles. The summed E-state index contributed by atoms with van der Waals surface area (Å²) in [5.74, 6) is -1.66. The molecule has 1 rings (SSSR count). The second-order valence-corrected chi connectivity index (χ2v) is 6.09. The topological polar surface area (TPSA) is 63.6 Å². The van der Waals surface area contributed by atoms with E-state index in [-0.39, 0.29) is 5.75 Å². The van der Waals surface area contributed by atoms with Gasteiger partial charge in [-0.15, -0.1) is 0 Å². The van der Waals surface area contributed by atoms with Crippen LogP contribution in [-0.2, 0) is 10.1 Å². The van der Waals surface area contributed by atoms with Crippen LogP contribution in [0.15, 0.2) is 24.3 Å². The van der Waals surface area contributed by atoms with Crippen molar-refractivity contribution < 1.29 is 30.9 Å². The number of hydrogen-bond acceptors (Lipinski definition) is 3. The molecule has 0 amide bonds. The predicted molar refractivity (Wildman–Crippen MR) is 66.0 cm³/mol. The van der Waals surface area contributed by atoms with E-state index < -0.39 is 28.2 Å². The summed E-state index contributed by atoms with van der Waals surface area (Å²) in [7, 11) is -4.78. The molecule has 0 aliphatic carbocycles. The predicted octanol–water partition coefficient (Wildman–Crippen LogP) is 2.49. The normalized spacial score (nSPS) is 14.3. The Bertz CT molecular complexity index is 498. The first-order valence-corrected chi connectivity index (χ1v) is 7.21. The molecule has 18 heavy (non-hydrogen) atoms. The van der Waals surface area contributed by atoms with Crippen LogP contribution in [0.4, 0.5) is 13.2 Å². The second kappa shape index (κ2) is 5.61. The van der Waals surface area contributed by atoms with Crippen LogP contribution < -0.4 is 4.74 Å². The Morgan fingerprint density at radius 2 is 1.78 bits per heavy atom. The molecule has 0 aliphatic rings. The van der Waals surface area contributed by atoms with Crippen LogP contribution >= 0.6 is 22.6 Å². The molecule has 0 aromatic heterocycles. The minimum atomic E-state index is -4.89. The molecule has 0 spiro atoms. The van der Waals surface area contributed by atoms with Crippen molar-refractivity contribution in [1.82, 2.24) is 0 Å². The maximum Gasteiger partial charge on any atom is 0.426 e. The lowest BCUT2D eigenvalue weighted by atomic mass is 10.3. The lowest BCUT2D eigenvalue weighted by Crippen LogP contribution is -2.40. The van der Waals surface area contributed by atoms with Crippen LogP contribution in [0, 0.1) is 3.57 Å². The summed E-state index contributed by atoms with van der Waals surface area (Å²) in [6, 6.07) is 5.59. The third-order valence-corrected chi connectivity index (χ3v) is 3.26. The molecule has 102 valence electrons. The number of ether oxygens (including phenoxy) is 1. The van der Waals surface area contributed by atoms with Gasteiger partial charge < -0.3 is 4.74 Å². The van der Waals surface area contributed by atoms with Gasteiger partial charge in [-0.1, -0.05) is 0 Å². The highest BCUT2D eigenvalue weighted by atomic mass is 127. The summed E-state index contributed by atoms with van der Waals surface area (Å²) < 4.78 is 72.4. The Morgan fingerprint density at radius 3 is 2.17 bits per heavy atom. The number of rotatable bonds is 4. The Balaban J connectivity index is 2.89. The van der Waals surface area contributed by atoms with Crippen LogP contribution in [0.3, 0.4) is 0 Å². The molecule has 1 unspecified atom stereocenters. The summed E-state index contributed by atoms with van der Waals surface area (Å²) in [5.41, 5.74) is 0. The first-order valence-electron chi connectivity index (χ1n) is 4.52. The van der Waals surface area contributed by atoms with E-state index in [9.17, 15) is 21.6 Å². The van der Waals surface area contributed by atoms with E-state index in [1.165, 1.54) is 24.3 Å². The maximum absolute atomic E-state index is 12.5. The molecule has 0 radical (unpaired) electrons. The molecule has 0 bridgehead atoms. The van der Waals surface area contributed by atoms with Gasteiger partial charge in [0, 0.05) is 3.57 Å². The molecule has 9 heteroatoms. The van der Waals surface area contributed by atoms with Gasteiger partial charge in [-0.2, -0.15) is 21.6 Å². The number of hydrogen-bond donors (Lipinski definition) is 1. The summed E-state index contributed by atoms with van der Waals surface area (Å²) in [5, 5.41) is 0. The minimum absolute atomic E-state index is 0.124. The van der Waals surface area contributed by atoms with E-state index in [2.05, 4.69) is 4.74 Å². The lowest BCUT2D eigenvalue weighted by molar-refractivity contribution is -0.188. The van der Waals surface area contributed by atoms with Crippen LogP contribution in [-0.4, -0.2) is 31.0 Å². The zero-order valence-corrected chi connectivity index (χ0v) is 11.7. The van der Waals surface area contributed by atoms with Crippen LogP contribution in [0.5, 0.6) is 5.75 Å². The monoisotopic (exact) mass is 396 g/mol. The highest BCUT2D eigenvalue weighted by molar-refractivity contribution is 14.1. The summed E-state index contributed by atoms with van der Waals surface area (Å²) >= 11 is 1.95. The van der Waals surface area contributed by atoms with E-state index in [4.69, 9.17) is 4.55 Å². The number of halogens is 4. The molecule has 1 aromatic rings. The number of alkyl halides is 3. The third kappa shape index (κ3) is 5.40. The van der Waals surface area contributed by atoms with Gasteiger partial charge in [0.2, 0.25) is 6.10 Å². The van der Waals surface area contributed by atoms with Crippen LogP contribution in [0.25, 0.3) is 0 Å². The van der Waals surface area contributed by atoms with Crippen LogP contribution in [0.1, 0.15) is 0 Å². The highest BCUT2D eigenvalue weighted by Gasteiger charge is 2.44. The van der Waals surface area contributed by atoms with Crippen LogP contribution in [0.2, 0.25) is 0 Å². The molecule has 1 atom stereocenters. The van der Waals surface area contributed by atoms with Crippen molar-refractivity contribution >= 4 is 32.7 Å². The summed E-state index contributed by atoms with van der Waals surface area (Å²) in [4.78, 5) is 0. The van der Waals surface area contributed by atoms with E-state index >= 15 is 0 Å². The molecule has 4 nitrogen and oxygen atoms in total. The standard InChI is InChI=1S/C9H8F3IO4S/c10-9(11,12)8(5-18(14,15)16)17-7-3-1-6(13)2-4-7/h1-4,8H,5H2,(H,14,15,16). The smallest absolute Gasteiger partial charge is 0.426 e. The largest absolute Gasteiger partial charge is 0.480 e. The zero-order valence-electron chi connectivity index (χ0n) is 8.69. The van der Waals surface area contributed by atoms with Gasteiger partial charge >= 0.3 is 6.18 Å². The SMILES string of the molecule is O=S(=O)(O)CC(Oc1ccc(I)cc1)C(F)(F)F. The van der Waals surface area contributed by atoms with Crippen molar-refractivity contribution in [3.05, 3.63) is 27.8 Å². The van der Waals surface area contributed by atoms with Gasteiger partial charge in [0.15, 0.2) is 0 Å².